The molecule has 50 heavy (non-hydrogen) atoms. The first kappa shape index (κ1) is 37.3. The first-order valence-electron chi connectivity index (χ1n) is 18.5. The van der Waals surface area contributed by atoms with Crippen molar-refractivity contribution in [2.45, 2.75) is 96.1 Å². The van der Waals surface area contributed by atoms with Gasteiger partial charge < -0.3 is 15.4 Å². The number of hydrogen-bond acceptors (Lipinski definition) is 5. The first-order valence-corrected chi connectivity index (χ1v) is 18.5. The van der Waals surface area contributed by atoms with Gasteiger partial charge in [0.25, 0.3) is 0 Å². The summed E-state index contributed by atoms with van der Waals surface area (Å²) in [5, 5.41) is 6.94. The molecule has 2 N–H and O–H groups in total. The van der Waals surface area contributed by atoms with Gasteiger partial charge in [-0.15, -0.1) is 0 Å². The van der Waals surface area contributed by atoms with Crippen molar-refractivity contribution in [3.8, 4) is 0 Å². The van der Waals surface area contributed by atoms with E-state index in [1.165, 1.54) is 35.2 Å². The van der Waals surface area contributed by atoms with Crippen LogP contribution in [0.3, 0.4) is 0 Å². The quantitative estimate of drug-likeness (QED) is 0.186. The number of benzene rings is 4. The fraction of sp³-hybridized carbons (Fsp3) is 0.432. The molecule has 0 spiro atoms. The Morgan fingerprint density at radius 1 is 0.660 bits per heavy atom. The molecule has 2 saturated heterocycles. The van der Waals surface area contributed by atoms with E-state index in [0.29, 0.717) is 23.9 Å². The lowest BCUT2D eigenvalue weighted by Gasteiger charge is -2.40. The number of piperidine rings is 2. The molecule has 1 amide bonds. The molecule has 0 aliphatic carbocycles. The van der Waals surface area contributed by atoms with Gasteiger partial charge in [-0.2, -0.15) is 0 Å². The van der Waals surface area contributed by atoms with Gasteiger partial charge in [-0.3, -0.25) is 9.80 Å². The van der Waals surface area contributed by atoms with Crippen LogP contribution in [-0.2, 0) is 17.8 Å². The molecule has 0 aromatic heterocycles. The van der Waals surface area contributed by atoms with Crippen LogP contribution in [-0.4, -0.2) is 65.8 Å². The van der Waals surface area contributed by atoms with Gasteiger partial charge in [-0.05, 0) is 69.0 Å². The Kier molecular flexibility index (Phi) is 13.7. The van der Waals surface area contributed by atoms with Crippen molar-refractivity contribution in [3.63, 3.8) is 0 Å². The number of rotatable bonds is 9. The summed E-state index contributed by atoms with van der Waals surface area (Å²) >= 11 is 0. The summed E-state index contributed by atoms with van der Waals surface area (Å²) in [7, 11) is 0. The van der Waals surface area contributed by atoms with Crippen LogP contribution >= 0.6 is 0 Å². The summed E-state index contributed by atoms with van der Waals surface area (Å²) in [5.41, 5.74) is 4.97. The molecule has 0 bridgehead atoms. The second-order valence-electron chi connectivity index (χ2n) is 15.2. The van der Waals surface area contributed by atoms with Crippen molar-refractivity contribution in [1.29, 1.82) is 0 Å². The second-order valence-corrected chi connectivity index (χ2v) is 15.2. The van der Waals surface area contributed by atoms with Crippen LogP contribution in [0.15, 0.2) is 121 Å². The lowest BCUT2D eigenvalue weighted by Crippen LogP contribution is -2.52. The van der Waals surface area contributed by atoms with Crippen LogP contribution in [0.5, 0.6) is 0 Å². The predicted octanol–water partition coefficient (Wildman–Crippen LogP) is 8.61. The van der Waals surface area contributed by atoms with Gasteiger partial charge in [-0.1, -0.05) is 135 Å². The van der Waals surface area contributed by atoms with E-state index < -0.39 is 5.60 Å². The Labute approximate surface area is 301 Å². The fourth-order valence-electron chi connectivity index (χ4n) is 7.41. The molecule has 2 aliphatic rings. The maximum atomic E-state index is 12.4. The maximum absolute atomic E-state index is 12.4. The van der Waals surface area contributed by atoms with Crippen molar-refractivity contribution in [3.05, 3.63) is 144 Å². The highest BCUT2D eigenvalue weighted by atomic mass is 16.6. The molecule has 2 unspecified atom stereocenters. The number of nitrogens with zero attached hydrogens (tertiary/aromatic N) is 2. The van der Waals surface area contributed by atoms with E-state index >= 15 is 0 Å². The topological polar surface area (TPSA) is 56.8 Å². The van der Waals surface area contributed by atoms with Crippen LogP contribution in [0.4, 0.5) is 4.79 Å². The molecule has 2 heterocycles. The van der Waals surface area contributed by atoms with Gasteiger partial charge >= 0.3 is 6.09 Å². The van der Waals surface area contributed by atoms with Crippen molar-refractivity contribution in [2.24, 2.45) is 0 Å². The number of carbonyl (C=O) groups is 1. The number of ether oxygens (including phenoxy) is 1. The maximum Gasteiger partial charge on any atom is 0.407 e. The zero-order valence-electron chi connectivity index (χ0n) is 30.8. The van der Waals surface area contributed by atoms with Gasteiger partial charge in [0.05, 0.1) is 6.04 Å². The molecular formula is C44H58N4O2. The van der Waals surface area contributed by atoms with Crippen LogP contribution < -0.4 is 10.6 Å². The minimum atomic E-state index is -0.495. The second kappa shape index (κ2) is 18.3. The van der Waals surface area contributed by atoms with Crippen LogP contribution in [0.2, 0.25) is 0 Å². The minimum absolute atomic E-state index is 0.0275. The minimum Gasteiger partial charge on any atom is -0.444 e. The molecule has 0 radical (unpaired) electrons. The number of alkyl carbamates (subject to hydrolysis) is 1. The number of hydrogen-bond donors (Lipinski definition) is 2. The Balaban J connectivity index is 0.000000197. The molecule has 4 aromatic rings. The van der Waals surface area contributed by atoms with Crippen molar-refractivity contribution >= 4 is 6.09 Å². The van der Waals surface area contributed by atoms with E-state index in [1.807, 2.05) is 32.9 Å². The van der Waals surface area contributed by atoms with Gasteiger partial charge in [-0.25, -0.2) is 4.79 Å². The standard InChI is InChI=1S/C23H30N2O2.C21H28N2/c1-23(2,3)27-22(26)24-21-17-25(16-18-10-6-4-7-11-18)15-14-20(21)19-12-8-5-9-13-19;1-17(2)22-21-16-23(15-18-9-5-3-6-10-18)14-13-20(21)19-11-7-4-8-12-19/h4-13,20-21H,14-17H2,1-3H3,(H,24,26);3-12,17,20-22H,13-16H2,1-2H3/t2*20?,21-/m00/s1. The van der Waals surface area contributed by atoms with Gasteiger partial charge in [0.2, 0.25) is 0 Å². The third-order valence-electron chi connectivity index (χ3n) is 9.60. The largest absolute Gasteiger partial charge is 0.444 e. The molecule has 2 aliphatic heterocycles. The average molecular weight is 675 g/mol. The molecule has 266 valence electrons. The highest BCUT2D eigenvalue weighted by Gasteiger charge is 2.33. The zero-order chi connectivity index (χ0) is 35.3. The van der Waals surface area contributed by atoms with E-state index in [2.05, 4.69) is 143 Å². The third kappa shape index (κ3) is 11.8. The number of nitrogens with one attached hydrogen (secondary N) is 2. The third-order valence-corrected chi connectivity index (χ3v) is 9.60. The SMILES string of the molecule is CC(C)(C)OC(=O)N[C@H]1CN(Cc2ccccc2)CCC1c1ccccc1.CC(C)N[C@H]1CN(Cc2ccccc2)CCC1c1ccccc1. The Hall–Kier alpha value is -3.97. The summed E-state index contributed by atoms with van der Waals surface area (Å²) < 4.78 is 5.51. The van der Waals surface area contributed by atoms with E-state index in [1.54, 1.807) is 0 Å². The molecule has 6 nitrogen and oxygen atoms in total. The van der Waals surface area contributed by atoms with Crippen LogP contribution in [0.1, 0.15) is 81.5 Å². The zero-order valence-corrected chi connectivity index (χ0v) is 30.8. The molecule has 6 rings (SSSR count). The van der Waals surface area contributed by atoms with Crippen molar-refractivity contribution in [1.82, 2.24) is 20.4 Å². The first-order chi connectivity index (χ1) is 24.1. The van der Waals surface area contributed by atoms with Crippen molar-refractivity contribution in [2.75, 3.05) is 26.2 Å². The van der Waals surface area contributed by atoms with Crippen molar-refractivity contribution < 1.29 is 9.53 Å². The monoisotopic (exact) mass is 674 g/mol. The Morgan fingerprint density at radius 2 is 1.06 bits per heavy atom. The van der Waals surface area contributed by atoms with E-state index in [4.69, 9.17) is 4.74 Å². The number of amides is 1. The van der Waals surface area contributed by atoms with Crippen LogP contribution in [0, 0.1) is 0 Å². The van der Waals surface area contributed by atoms with Gasteiger partial charge in [0.15, 0.2) is 0 Å². The number of likely N-dealkylation sites (tertiary alicyclic amines) is 2. The van der Waals surface area contributed by atoms with Gasteiger partial charge in [0, 0.05) is 50.1 Å². The lowest BCUT2D eigenvalue weighted by molar-refractivity contribution is 0.0455. The summed E-state index contributed by atoms with van der Waals surface area (Å²) in [6, 6.07) is 43.9. The summed E-state index contributed by atoms with van der Waals surface area (Å²) in [5.74, 6) is 0.913. The van der Waals surface area contributed by atoms with E-state index in [9.17, 15) is 4.79 Å². The Bertz CT molecular complexity index is 1540. The highest BCUT2D eigenvalue weighted by molar-refractivity contribution is 5.68. The summed E-state index contributed by atoms with van der Waals surface area (Å²) in [6.07, 6.45) is 1.90. The molecular weight excluding hydrogens is 617 g/mol. The highest BCUT2D eigenvalue weighted by Crippen LogP contribution is 2.31. The fourth-order valence-corrected chi connectivity index (χ4v) is 7.41. The Morgan fingerprint density at radius 3 is 1.48 bits per heavy atom. The molecule has 2 fully saturated rings. The summed E-state index contributed by atoms with van der Waals surface area (Å²) in [4.78, 5) is 17.4. The summed E-state index contributed by atoms with van der Waals surface area (Å²) in [6.45, 7) is 16.2. The molecule has 0 saturated carbocycles. The smallest absolute Gasteiger partial charge is 0.407 e. The lowest BCUT2D eigenvalue weighted by atomic mass is 9.84. The van der Waals surface area contributed by atoms with E-state index in [0.717, 1.165) is 39.1 Å². The van der Waals surface area contributed by atoms with Gasteiger partial charge in [0.1, 0.15) is 5.60 Å². The normalized spacial score (nSPS) is 21.6. The average Bonchev–Trinajstić information content (AvgIpc) is 3.09. The molecule has 4 aromatic carbocycles. The molecule has 4 atom stereocenters. The van der Waals surface area contributed by atoms with E-state index in [-0.39, 0.29) is 12.1 Å². The number of carbonyl (C=O) groups excluding carboxylic acids is 1. The predicted molar refractivity (Wildman–Crippen MR) is 206 cm³/mol. The molecule has 6 heteroatoms. The van der Waals surface area contributed by atoms with Crippen LogP contribution in [0.25, 0.3) is 0 Å².